The van der Waals surface area contributed by atoms with Crippen LogP contribution in [0.15, 0.2) is 48.5 Å². The van der Waals surface area contributed by atoms with Gasteiger partial charge in [-0.3, -0.25) is 20.4 Å². The minimum absolute atomic E-state index is 0.276. The van der Waals surface area contributed by atoms with Crippen molar-refractivity contribution in [2.75, 3.05) is 6.61 Å². The highest BCUT2D eigenvalue weighted by Gasteiger charge is 2.08. The molecular weight excluding hydrogens is 318 g/mol. The second-order valence-electron chi connectivity index (χ2n) is 4.44. The average Bonchev–Trinajstić information content (AvgIpc) is 2.58. The number of amides is 2. The van der Waals surface area contributed by atoms with Gasteiger partial charge in [0, 0.05) is 10.6 Å². The summed E-state index contributed by atoms with van der Waals surface area (Å²) in [7, 11) is 0. The van der Waals surface area contributed by atoms with E-state index < -0.39 is 11.8 Å². The maximum Gasteiger partial charge on any atom is 0.276 e. The van der Waals surface area contributed by atoms with Crippen LogP contribution in [0.2, 0.25) is 5.02 Å². The Morgan fingerprint density at radius 2 is 1.87 bits per heavy atom. The van der Waals surface area contributed by atoms with Crippen molar-refractivity contribution in [2.45, 2.75) is 0 Å². The van der Waals surface area contributed by atoms with Crippen LogP contribution in [0.4, 0.5) is 0 Å². The molecule has 2 N–H and O–H groups in total. The molecular formula is C16H12ClN3O3. The molecule has 0 heterocycles. The molecule has 0 saturated carbocycles. The van der Waals surface area contributed by atoms with Gasteiger partial charge in [0.2, 0.25) is 0 Å². The van der Waals surface area contributed by atoms with Crippen LogP contribution >= 0.6 is 11.6 Å². The summed E-state index contributed by atoms with van der Waals surface area (Å²) in [6.45, 7) is -0.276. The van der Waals surface area contributed by atoms with Gasteiger partial charge in [-0.05, 0) is 42.5 Å². The molecule has 6 nitrogen and oxygen atoms in total. The molecule has 0 aliphatic carbocycles. The maximum absolute atomic E-state index is 11.8. The largest absolute Gasteiger partial charge is 0.484 e. The number of rotatable bonds is 4. The average molecular weight is 330 g/mol. The van der Waals surface area contributed by atoms with Gasteiger partial charge in [0.1, 0.15) is 5.75 Å². The van der Waals surface area contributed by atoms with E-state index in [0.29, 0.717) is 21.9 Å². The number of ether oxygens (including phenoxy) is 1. The summed E-state index contributed by atoms with van der Waals surface area (Å²) in [4.78, 5) is 23.4. The zero-order valence-corrected chi connectivity index (χ0v) is 12.6. The van der Waals surface area contributed by atoms with Crippen LogP contribution in [0.25, 0.3) is 0 Å². The molecule has 116 valence electrons. The fraction of sp³-hybridized carbons (Fsp3) is 0.0625. The van der Waals surface area contributed by atoms with Gasteiger partial charge >= 0.3 is 0 Å². The summed E-state index contributed by atoms with van der Waals surface area (Å²) in [5.41, 5.74) is 5.32. The fourth-order valence-corrected chi connectivity index (χ4v) is 1.83. The zero-order valence-electron chi connectivity index (χ0n) is 11.9. The Hall–Kier alpha value is -3.04. The number of nitrogens with one attached hydrogen (secondary N) is 2. The predicted octanol–water partition coefficient (Wildman–Crippen LogP) is 2.05. The maximum atomic E-state index is 11.8. The summed E-state index contributed by atoms with van der Waals surface area (Å²) in [5.74, 6) is -0.565. The minimum Gasteiger partial charge on any atom is -0.484 e. The third kappa shape index (κ3) is 5.02. The van der Waals surface area contributed by atoms with Gasteiger partial charge in [-0.25, -0.2) is 0 Å². The molecule has 23 heavy (non-hydrogen) atoms. The molecule has 0 fully saturated rings. The number of carbonyl (C=O) groups is 2. The monoisotopic (exact) mass is 329 g/mol. The molecule has 0 bridgehead atoms. The first-order valence-corrected chi connectivity index (χ1v) is 6.94. The summed E-state index contributed by atoms with van der Waals surface area (Å²) in [6.07, 6.45) is 0. The molecule has 7 heteroatoms. The van der Waals surface area contributed by atoms with Crippen LogP contribution in [0.5, 0.6) is 5.75 Å². The standard InChI is InChI=1S/C16H12ClN3O3/c17-13-3-1-2-12(8-13)16(22)20-19-15(21)10-23-14-6-4-11(9-18)5-7-14/h1-8H,10H2,(H,19,21)(H,20,22). The van der Waals surface area contributed by atoms with Crippen LogP contribution in [0.3, 0.4) is 0 Å². The topological polar surface area (TPSA) is 91.2 Å². The Labute approximate surface area is 137 Å². The van der Waals surface area contributed by atoms with Gasteiger partial charge in [-0.15, -0.1) is 0 Å². The molecule has 0 aliphatic rings. The van der Waals surface area contributed by atoms with Crippen molar-refractivity contribution < 1.29 is 14.3 Å². The van der Waals surface area contributed by atoms with E-state index in [1.54, 1.807) is 42.5 Å². The molecule has 0 saturated heterocycles. The predicted molar refractivity (Wildman–Crippen MR) is 83.7 cm³/mol. The molecule has 0 aromatic heterocycles. The molecule has 2 rings (SSSR count). The Bertz CT molecular complexity index is 754. The van der Waals surface area contributed by atoms with Crippen molar-refractivity contribution in [3.05, 3.63) is 64.7 Å². The number of benzene rings is 2. The fourth-order valence-electron chi connectivity index (χ4n) is 1.64. The molecule has 2 aromatic rings. The van der Waals surface area contributed by atoms with E-state index >= 15 is 0 Å². The molecule has 0 spiro atoms. The van der Waals surface area contributed by atoms with Crippen LogP contribution in [-0.2, 0) is 4.79 Å². The summed E-state index contributed by atoms with van der Waals surface area (Å²) < 4.78 is 5.23. The number of nitriles is 1. The first-order valence-electron chi connectivity index (χ1n) is 6.56. The molecule has 0 atom stereocenters. The van der Waals surface area contributed by atoms with Gasteiger partial charge in [0.25, 0.3) is 11.8 Å². The Morgan fingerprint density at radius 1 is 1.13 bits per heavy atom. The smallest absolute Gasteiger partial charge is 0.276 e. The van der Waals surface area contributed by atoms with Crippen molar-refractivity contribution in [1.82, 2.24) is 10.9 Å². The van der Waals surface area contributed by atoms with Gasteiger partial charge in [0.05, 0.1) is 11.6 Å². The van der Waals surface area contributed by atoms with Crippen molar-refractivity contribution in [3.8, 4) is 11.8 Å². The highest BCUT2D eigenvalue weighted by atomic mass is 35.5. The van der Waals surface area contributed by atoms with Crippen molar-refractivity contribution in [3.63, 3.8) is 0 Å². The first kappa shape index (κ1) is 16.3. The lowest BCUT2D eigenvalue weighted by molar-refractivity contribution is -0.123. The van der Waals surface area contributed by atoms with E-state index in [9.17, 15) is 9.59 Å². The lowest BCUT2D eigenvalue weighted by Crippen LogP contribution is -2.43. The molecule has 0 unspecified atom stereocenters. The second kappa shape index (κ2) is 7.82. The Kier molecular flexibility index (Phi) is 5.56. The van der Waals surface area contributed by atoms with E-state index in [0.717, 1.165) is 0 Å². The van der Waals surface area contributed by atoms with E-state index in [1.807, 2.05) is 6.07 Å². The number of nitrogens with zero attached hydrogens (tertiary/aromatic N) is 1. The minimum atomic E-state index is -0.523. The third-order valence-corrected chi connectivity index (χ3v) is 2.99. The van der Waals surface area contributed by atoms with Crippen LogP contribution in [0.1, 0.15) is 15.9 Å². The highest BCUT2D eigenvalue weighted by molar-refractivity contribution is 6.30. The van der Waals surface area contributed by atoms with Gasteiger partial charge < -0.3 is 4.74 Å². The van der Waals surface area contributed by atoms with E-state index in [4.69, 9.17) is 21.6 Å². The van der Waals surface area contributed by atoms with Crippen molar-refractivity contribution >= 4 is 23.4 Å². The summed E-state index contributed by atoms with van der Waals surface area (Å²) >= 11 is 5.78. The number of hydrazine groups is 1. The van der Waals surface area contributed by atoms with E-state index in [-0.39, 0.29) is 6.61 Å². The van der Waals surface area contributed by atoms with Crippen molar-refractivity contribution in [2.24, 2.45) is 0 Å². The van der Waals surface area contributed by atoms with Gasteiger partial charge in [-0.1, -0.05) is 17.7 Å². The Balaban J connectivity index is 1.78. The van der Waals surface area contributed by atoms with Gasteiger partial charge in [0.15, 0.2) is 6.61 Å². The number of halogens is 1. The quantitative estimate of drug-likeness (QED) is 0.840. The van der Waals surface area contributed by atoms with E-state index in [1.165, 1.54) is 6.07 Å². The van der Waals surface area contributed by atoms with E-state index in [2.05, 4.69) is 10.9 Å². The summed E-state index contributed by atoms with van der Waals surface area (Å²) in [5, 5.41) is 9.10. The third-order valence-electron chi connectivity index (χ3n) is 2.76. The van der Waals surface area contributed by atoms with Gasteiger partial charge in [-0.2, -0.15) is 5.26 Å². The van der Waals surface area contributed by atoms with Crippen LogP contribution in [0, 0.1) is 11.3 Å². The van der Waals surface area contributed by atoms with Crippen LogP contribution < -0.4 is 15.6 Å². The molecule has 0 aliphatic heterocycles. The number of hydrogen-bond acceptors (Lipinski definition) is 4. The Morgan fingerprint density at radius 3 is 2.52 bits per heavy atom. The zero-order chi connectivity index (χ0) is 16.7. The van der Waals surface area contributed by atoms with Crippen molar-refractivity contribution in [1.29, 1.82) is 5.26 Å². The summed E-state index contributed by atoms with van der Waals surface area (Å²) in [6, 6.07) is 14.6. The lowest BCUT2D eigenvalue weighted by atomic mass is 10.2. The molecule has 2 amide bonds. The number of carbonyl (C=O) groups excluding carboxylic acids is 2. The first-order chi connectivity index (χ1) is 11.1. The van der Waals surface area contributed by atoms with Crippen LogP contribution in [-0.4, -0.2) is 18.4 Å². The molecule has 0 radical (unpaired) electrons. The SMILES string of the molecule is N#Cc1ccc(OCC(=O)NNC(=O)c2cccc(Cl)c2)cc1. The second-order valence-corrected chi connectivity index (χ2v) is 4.87. The normalized spacial score (nSPS) is 9.57. The lowest BCUT2D eigenvalue weighted by Gasteiger charge is -2.09. The number of hydrogen-bond donors (Lipinski definition) is 2. The molecule has 2 aromatic carbocycles. The highest BCUT2D eigenvalue weighted by Crippen LogP contribution is 2.11.